The number of methoxy groups -OCH3 is 1. The molecule has 1 aromatic rings. The Kier molecular flexibility index (Phi) is 5.65. The summed E-state index contributed by atoms with van der Waals surface area (Å²) in [5.74, 6) is 0.935. The number of rotatable bonds is 5. The van der Waals surface area contributed by atoms with Crippen LogP contribution in [0.3, 0.4) is 0 Å². The van der Waals surface area contributed by atoms with Crippen molar-refractivity contribution < 1.29 is 9.94 Å². The molecule has 0 saturated carbocycles. The molecule has 0 aromatic heterocycles. The summed E-state index contributed by atoms with van der Waals surface area (Å²) >= 11 is 4.96. The van der Waals surface area contributed by atoms with Crippen molar-refractivity contribution in [1.29, 1.82) is 0 Å². The third-order valence-electron chi connectivity index (χ3n) is 1.87. The second kappa shape index (κ2) is 6.78. The van der Waals surface area contributed by atoms with E-state index in [2.05, 4.69) is 21.1 Å². The number of halogens is 1. The maximum Gasteiger partial charge on any atom is 0.171 e. The number of hydrogen-bond donors (Lipinski definition) is 2. The normalized spacial score (nSPS) is 11.8. The van der Waals surface area contributed by atoms with E-state index in [0.29, 0.717) is 6.61 Å². The minimum Gasteiger partial charge on any atom is -0.409 e. The van der Waals surface area contributed by atoms with Crippen LogP contribution in [0, 0.1) is 0 Å². The molecule has 0 spiro atoms. The Morgan fingerprint density at radius 2 is 2.38 bits per heavy atom. The van der Waals surface area contributed by atoms with Gasteiger partial charge in [-0.05, 0) is 18.2 Å². The predicted octanol–water partition coefficient (Wildman–Crippen LogP) is 2.28. The maximum atomic E-state index is 8.69. The highest BCUT2D eigenvalue weighted by Gasteiger charge is 2.08. The molecule has 0 aliphatic carbocycles. The predicted molar refractivity (Wildman–Crippen MR) is 69.3 cm³/mol. The van der Waals surface area contributed by atoms with Crippen molar-refractivity contribution in [2.24, 2.45) is 10.9 Å². The van der Waals surface area contributed by atoms with Crippen molar-refractivity contribution in [2.45, 2.75) is 4.90 Å². The van der Waals surface area contributed by atoms with Gasteiger partial charge in [0.25, 0.3) is 0 Å². The molecule has 0 saturated heterocycles. The van der Waals surface area contributed by atoms with Crippen LogP contribution >= 0.6 is 27.7 Å². The summed E-state index contributed by atoms with van der Waals surface area (Å²) in [6.45, 7) is 0.663. The van der Waals surface area contributed by atoms with Crippen molar-refractivity contribution in [3.8, 4) is 0 Å². The SMILES string of the molecule is COCCSc1ccc(Br)cc1/C(N)=N/O. The van der Waals surface area contributed by atoms with Gasteiger partial charge in [0.05, 0.1) is 6.61 Å². The van der Waals surface area contributed by atoms with E-state index < -0.39 is 0 Å². The Bertz CT molecular complexity index is 385. The van der Waals surface area contributed by atoms with Gasteiger partial charge in [0, 0.05) is 27.8 Å². The first-order chi connectivity index (χ1) is 7.69. The van der Waals surface area contributed by atoms with Crippen LogP contribution < -0.4 is 5.73 Å². The molecule has 0 atom stereocenters. The molecule has 0 aliphatic rings. The maximum absolute atomic E-state index is 8.69. The summed E-state index contributed by atoms with van der Waals surface area (Å²) in [5, 5.41) is 11.7. The van der Waals surface area contributed by atoms with Gasteiger partial charge < -0.3 is 15.7 Å². The number of thioether (sulfide) groups is 1. The number of nitrogens with two attached hydrogens (primary N) is 1. The first kappa shape index (κ1) is 13.3. The van der Waals surface area contributed by atoms with E-state index >= 15 is 0 Å². The van der Waals surface area contributed by atoms with Crippen LogP contribution in [0.2, 0.25) is 0 Å². The quantitative estimate of drug-likeness (QED) is 0.219. The highest BCUT2D eigenvalue weighted by atomic mass is 79.9. The zero-order chi connectivity index (χ0) is 12.0. The lowest BCUT2D eigenvalue weighted by molar-refractivity contribution is 0.218. The molecule has 0 fully saturated rings. The first-order valence-corrected chi connectivity index (χ1v) is 6.36. The van der Waals surface area contributed by atoms with Crippen LogP contribution in [0.25, 0.3) is 0 Å². The topological polar surface area (TPSA) is 67.8 Å². The van der Waals surface area contributed by atoms with E-state index in [1.165, 1.54) is 0 Å². The second-order valence-electron chi connectivity index (χ2n) is 2.97. The van der Waals surface area contributed by atoms with E-state index in [9.17, 15) is 0 Å². The molecular formula is C10H13BrN2O2S. The fourth-order valence-corrected chi connectivity index (χ4v) is 2.43. The zero-order valence-corrected chi connectivity index (χ0v) is 11.2. The molecule has 0 aliphatic heterocycles. The molecule has 0 amide bonds. The minimum absolute atomic E-state index is 0.112. The number of amidine groups is 1. The standard InChI is InChI=1S/C10H13BrN2O2S/c1-15-4-5-16-9-3-2-7(11)6-8(9)10(12)13-14/h2-3,6,14H,4-5H2,1H3,(H2,12,13). The Hall–Kier alpha value is -0.720. The summed E-state index contributed by atoms with van der Waals surface area (Å²) < 4.78 is 5.87. The zero-order valence-electron chi connectivity index (χ0n) is 8.81. The Morgan fingerprint density at radius 1 is 1.62 bits per heavy atom. The van der Waals surface area contributed by atoms with Crippen molar-refractivity contribution in [3.63, 3.8) is 0 Å². The fourth-order valence-electron chi connectivity index (χ4n) is 1.12. The number of nitrogens with zero attached hydrogens (tertiary/aromatic N) is 1. The number of hydrogen-bond acceptors (Lipinski definition) is 4. The number of oxime groups is 1. The first-order valence-electron chi connectivity index (χ1n) is 4.58. The lowest BCUT2D eigenvalue weighted by Crippen LogP contribution is -2.14. The van der Waals surface area contributed by atoms with Crippen LogP contribution in [0.1, 0.15) is 5.56 Å². The van der Waals surface area contributed by atoms with Gasteiger partial charge in [-0.2, -0.15) is 0 Å². The van der Waals surface area contributed by atoms with E-state index in [1.54, 1.807) is 18.9 Å². The van der Waals surface area contributed by atoms with E-state index in [-0.39, 0.29) is 5.84 Å². The fraction of sp³-hybridized carbons (Fsp3) is 0.300. The lowest BCUT2D eigenvalue weighted by atomic mass is 10.2. The van der Waals surface area contributed by atoms with Crippen LogP contribution in [0.4, 0.5) is 0 Å². The van der Waals surface area contributed by atoms with Crippen molar-refractivity contribution in [2.75, 3.05) is 19.5 Å². The highest BCUT2D eigenvalue weighted by molar-refractivity contribution is 9.10. The molecule has 6 heteroatoms. The van der Waals surface area contributed by atoms with Gasteiger partial charge in [0.2, 0.25) is 0 Å². The lowest BCUT2D eigenvalue weighted by Gasteiger charge is -2.08. The molecule has 88 valence electrons. The smallest absolute Gasteiger partial charge is 0.171 e. The third kappa shape index (κ3) is 3.70. The highest BCUT2D eigenvalue weighted by Crippen LogP contribution is 2.25. The van der Waals surface area contributed by atoms with Crippen molar-refractivity contribution in [3.05, 3.63) is 28.2 Å². The average molecular weight is 305 g/mol. The molecule has 0 heterocycles. The van der Waals surface area contributed by atoms with Gasteiger partial charge in [0.15, 0.2) is 5.84 Å². The summed E-state index contributed by atoms with van der Waals surface area (Å²) in [6, 6.07) is 5.67. The van der Waals surface area contributed by atoms with Gasteiger partial charge in [-0.25, -0.2) is 0 Å². The summed E-state index contributed by atoms with van der Waals surface area (Å²) in [6.07, 6.45) is 0. The van der Waals surface area contributed by atoms with Gasteiger partial charge >= 0.3 is 0 Å². The van der Waals surface area contributed by atoms with Crippen LogP contribution in [0.5, 0.6) is 0 Å². The molecule has 0 unspecified atom stereocenters. The van der Waals surface area contributed by atoms with E-state index in [0.717, 1.165) is 20.7 Å². The molecule has 3 N–H and O–H groups in total. The number of benzene rings is 1. The number of ether oxygens (including phenoxy) is 1. The van der Waals surface area contributed by atoms with Crippen LogP contribution in [-0.4, -0.2) is 30.5 Å². The molecule has 0 bridgehead atoms. The van der Waals surface area contributed by atoms with Crippen molar-refractivity contribution >= 4 is 33.5 Å². The van der Waals surface area contributed by atoms with Crippen LogP contribution in [0.15, 0.2) is 32.7 Å². The summed E-state index contributed by atoms with van der Waals surface area (Å²) in [4.78, 5) is 0.968. The second-order valence-corrected chi connectivity index (χ2v) is 5.02. The van der Waals surface area contributed by atoms with Crippen LogP contribution in [-0.2, 0) is 4.74 Å². The van der Waals surface area contributed by atoms with Gasteiger partial charge in [-0.1, -0.05) is 21.1 Å². The monoisotopic (exact) mass is 304 g/mol. The summed E-state index contributed by atoms with van der Waals surface area (Å²) in [5.41, 5.74) is 6.32. The molecule has 16 heavy (non-hydrogen) atoms. The minimum atomic E-state index is 0.112. The Balaban J connectivity index is 2.89. The molecular weight excluding hydrogens is 292 g/mol. The van der Waals surface area contributed by atoms with E-state index in [4.69, 9.17) is 15.7 Å². The molecule has 1 rings (SSSR count). The largest absolute Gasteiger partial charge is 0.409 e. The van der Waals surface area contributed by atoms with E-state index in [1.807, 2.05) is 18.2 Å². The Labute approximate surface area is 107 Å². The average Bonchev–Trinajstić information content (AvgIpc) is 2.30. The summed E-state index contributed by atoms with van der Waals surface area (Å²) in [7, 11) is 1.66. The molecule has 1 aromatic carbocycles. The molecule has 4 nitrogen and oxygen atoms in total. The van der Waals surface area contributed by atoms with Crippen molar-refractivity contribution in [1.82, 2.24) is 0 Å². The Morgan fingerprint density at radius 3 is 3.00 bits per heavy atom. The third-order valence-corrected chi connectivity index (χ3v) is 3.40. The van der Waals surface area contributed by atoms with Gasteiger partial charge in [-0.15, -0.1) is 11.8 Å². The van der Waals surface area contributed by atoms with Gasteiger partial charge in [-0.3, -0.25) is 0 Å². The van der Waals surface area contributed by atoms with Gasteiger partial charge in [0.1, 0.15) is 0 Å². The molecule has 0 radical (unpaired) electrons.